The van der Waals surface area contributed by atoms with Crippen LogP contribution in [0.3, 0.4) is 0 Å². The van der Waals surface area contributed by atoms with E-state index in [1.165, 1.54) is 25.5 Å². The molecule has 0 atom stereocenters. The molecule has 1 amide bonds. The molecule has 1 aliphatic rings. The summed E-state index contributed by atoms with van der Waals surface area (Å²) in [5, 5.41) is 3.99. The molecule has 1 saturated heterocycles. The first-order chi connectivity index (χ1) is 16.6. The van der Waals surface area contributed by atoms with Crippen LogP contribution in [0.2, 0.25) is 19.6 Å². The Balaban J connectivity index is 1.53. The van der Waals surface area contributed by atoms with Crippen LogP contribution >= 0.6 is 0 Å². The van der Waals surface area contributed by atoms with Gasteiger partial charge >= 0.3 is 0 Å². The number of hydrogen-bond donors (Lipinski definition) is 2. The Labute approximate surface area is 205 Å². The zero-order valence-electron chi connectivity index (χ0n) is 20.8. The molecule has 0 unspecified atom stereocenters. The highest BCUT2D eigenvalue weighted by molar-refractivity contribution is 6.88. The van der Waals surface area contributed by atoms with E-state index in [-0.39, 0.29) is 35.2 Å². The second-order valence-electron chi connectivity index (χ2n) is 9.49. The molecular weight excluding hydrogens is 466 g/mol. The maximum absolute atomic E-state index is 12.9. The topological polar surface area (TPSA) is 125 Å². The van der Waals surface area contributed by atoms with Gasteiger partial charge in [-0.15, -0.1) is 0 Å². The van der Waals surface area contributed by atoms with Gasteiger partial charge in [-0.3, -0.25) is 4.79 Å². The Morgan fingerprint density at radius 1 is 1.11 bits per heavy atom. The van der Waals surface area contributed by atoms with E-state index in [0.717, 1.165) is 5.56 Å². The number of amides is 1. The third kappa shape index (κ3) is 5.25. The van der Waals surface area contributed by atoms with Gasteiger partial charge in [0.2, 0.25) is 17.7 Å². The van der Waals surface area contributed by atoms with E-state index in [4.69, 9.17) is 24.4 Å². The number of nitrogens with zero attached hydrogens (tertiary/aromatic N) is 3. The lowest BCUT2D eigenvalue weighted by Gasteiger charge is -2.37. The molecule has 11 heteroatoms. The SMILES string of the molecule is COc1nc(N2CC(N)C2)nc(OC)c1NC(=O)c1ccc(Oc2cc([Si](C)(C)C)ccc2C)o1. The average molecular weight is 498 g/mol. The van der Waals surface area contributed by atoms with Crippen molar-refractivity contribution in [2.75, 3.05) is 37.5 Å². The minimum absolute atomic E-state index is 0.0564. The number of hydrogen-bond acceptors (Lipinski definition) is 9. The lowest BCUT2D eigenvalue weighted by atomic mass is 10.1. The predicted octanol–water partition coefficient (Wildman–Crippen LogP) is 3.13. The first kappa shape index (κ1) is 24.5. The Hall–Kier alpha value is -3.57. The van der Waals surface area contributed by atoms with Gasteiger partial charge in [0.1, 0.15) is 5.75 Å². The van der Waals surface area contributed by atoms with Gasteiger partial charge in [0.25, 0.3) is 11.9 Å². The zero-order valence-corrected chi connectivity index (χ0v) is 21.8. The van der Waals surface area contributed by atoms with Gasteiger partial charge in [0.15, 0.2) is 11.4 Å². The Kier molecular flexibility index (Phi) is 6.72. The zero-order chi connectivity index (χ0) is 25.3. The molecular formula is C24H31N5O5Si. The standard InChI is InChI=1S/C24H31N5O5Si/c1-14-7-8-16(35(4,5)6)11-18(14)34-19-10-9-17(33-19)21(30)26-20-22(31-2)27-24(28-23(20)32-3)29-12-15(25)13-29/h7-11,15H,12-13,25H2,1-6H3,(H,26,30). The van der Waals surface area contributed by atoms with Crippen LogP contribution < -0.4 is 35.3 Å². The van der Waals surface area contributed by atoms with Crippen molar-refractivity contribution in [1.29, 1.82) is 0 Å². The Morgan fingerprint density at radius 2 is 1.77 bits per heavy atom. The number of rotatable bonds is 8. The number of benzene rings is 1. The van der Waals surface area contributed by atoms with E-state index in [1.807, 2.05) is 24.0 Å². The summed E-state index contributed by atoms with van der Waals surface area (Å²) in [6, 6.07) is 9.44. The smallest absolute Gasteiger partial charge is 0.291 e. The fourth-order valence-electron chi connectivity index (χ4n) is 3.59. The van der Waals surface area contributed by atoms with Gasteiger partial charge in [-0.05, 0) is 24.6 Å². The monoisotopic (exact) mass is 497 g/mol. The molecule has 0 spiro atoms. The van der Waals surface area contributed by atoms with Gasteiger partial charge in [0, 0.05) is 25.2 Å². The Morgan fingerprint density at radius 3 is 2.34 bits per heavy atom. The molecule has 1 fully saturated rings. The largest absolute Gasteiger partial charge is 0.479 e. The number of aryl methyl sites for hydroxylation is 1. The van der Waals surface area contributed by atoms with Crippen LogP contribution in [0.1, 0.15) is 16.1 Å². The van der Waals surface area contributed by atoms with Crippen molar-refractivity contribution in [3.63, 3.8) is 0 Å². The molecule has 10 nitrogen and oxygen atoms in total. The van der Waals surface area contributed by atoms with Crippen molar-refractivity contribution < 1.29 is 23.4 Å². The predicted molar refractivity (Wildman–Crippen MR) is 136 cm³/mol. The molecule has 3 aromatic rings. The normalized spacial score (nSPS) is 13.9. The van der Waals surface area contributed by atoms with Crippen LogP contribution in [0.5, 0.6) is 23.5 Å². The number of aromatic nitrogens is 2. The summed E-state index contributed by atoms with van der Waals surface area (Å²) in [5.74, 6) is 1.20. The van der Waals surface area contributed by atoms with E-state index in [9.17, 15) is 4.79 Å². The number of nitrogens with two attached hydrogens (primary N) is 1. The number of anilines is 2. The summed E-state index contributed by atoms with van der Waals surface area (Å²) in [5.41, 5.74) is 7.03. The van der Waals surface area contributed by atoms with Crippen molar-refractivity contribution in [3.8, 4) is 23.5 Å². The van der Waals surface area contributed by atoms with Crippen LogP contribution in [0.15, 0.2) is 34.7 Å². The van der Waals surface area contributed by atoms with Gasteiger partial charge in [-0.1, -0.05) is 37.0 Å². The molecule has 0 saturated carbocycles. The maximum atomic E-state index is 12.9. The fourth-order valence-corrected chi connectivity index (χ4v) is 4.73. The van der Waals surface area contributed by atoms with Crippen molar-refractivity contribution >= 4 is 30.8 Å². The molecule has 0 bridgehead atoms. The van der Waals surface area contributed by atoms with Crippen LogP contribution in [0.25, 0.3) is 0 Å². The highest BCUT2D eigenvalue weighted by Gasteiger charge is 2.29. The molecule has 0 radical (unpaired) electrons. The summed E-state index contributed by atoms with van der Waals surface area (Å²) in [7, 11) is 1.40. The molecule has 4 rings (SSSR count). The van der Waals surface area contributed by atoms with Crippen LogP contribution in [0, 0.1) is 6.92 Å². The maximum Gasteiger partial charge on any atom is 0.291 e. The fraction of sp³-hybridized carbons (Fsp3) is 0.375. The summed E-state index contributed by atoms with van der Waals surface area (Å²) in [4.78, 5) is 23.6. The molecule has 3 heterocycles. The van der Waals surface area contributed by atoms with E-state index >= 15 is 0 Å². The van der Waals surface area contributed by atoms with E-state index in [0.29, 0.717) is 24.8 Å². The Bertz CT molecular complexity index is 1210. The van der Waals surface area contributed by atoms with Crippen molar-refractivity contribution in [3.05, 3.63) is 41.7 Å². The number of ether oxygens (including phenoxy) is 3. The molecule has 35 heavy (non-hydrogen) atoms. The van der Waals surface area contributed by atoms with Gasteiger partial charge in [0.05, 0.1) is 22.3 Å². The quantitative estimate of drug-likeness (QED) is 0.452. The second-order valence-corrected chi connectivity index (χ2v) is 14.6. The van der Waals surface area contributed by atoms with E-state index in [1.54, 1.807) is 6.07 Å². The number of carbonyl (C=O) groups excluding carboxylic acids is 1. The van der Waals surface area contributed by atoms with Gasteiger partial charge < -0.3 is 34.6 Å². The van der Waals surface area contributed by atoms with Crippen molar-refractivity contribution in [2.45, 2.75) is 32.6 Å². The second kappa shape index (κ2) is 9.59. The third-order valence-electron chi connectivity index (χ3n) is 5.72. The van der Waals surface area contributed by atoms with E-state index < -0.39 is 14.0 Å². The van der Waals surface area contributed by atoms with Gasteiger partial charge in [-0.25, -0.2) is 0 Å². The number of methoxy groups -OCH3 is 2. The minimum atomic E-state index is -1.51. The average Bonchev–Trinajstić information content (AvgIpc) is 3.26. The number of furan rings is 1. The molecule has 1 aromatic carbocycles. The van der Waals surface area contributed by atoms with Gasteiger partial charge in [-0.2, -0.15) is 9.97 Å². The van der Waals surface area contributed by atoms with Crippen molar-refractivity contribution in [1.82, 2.24) is 9.97 Å². The van der Waals surface area contributed by atoms with Crippen LogP contribution in [-0.2, 0) is 0 Å². The molecule has 1 aliphatic heterocycles. The molecule has 3 N–H and O–H groups in total. The molecule has 2 aromatic heterocycles. The molecule has 0 aliphatic carbocycles. The lowest BCUT2D eigenvalue weighted by Crippen LogP contribution is -2.56. The lowest BCUT2D eigenvalue weighted by molar-refractivity contribution is 0.0990. The summed E-state index contributed by atoms with van der Waals surface area (Å²) >= 11 is 0. The molecule has 186 valence electrons. The third-order valence-corrected chi connectivity index (χ3v) is 7.76. The summed E-state index contributed by atoms with van der Waals surface area (Å²) < 4.78 is 22.4. The number of carbonyl (C=O) groups is 1. The first-order valence-electron chi connectivity index (χ1n) is 11.3. The van der Waals surface area contributed by atoms with Crippen molar-refractivity contribution in [2.24, 2.45) is 5.73 Å². The highest BCUT2D eigenvalue weighted by Crippen LogP contribution is 2.35. The van der Waals surface area contributed by atoms with E-state index in [2.05, 4.69) is 41.0 Å². The van der Waals surface area contributed by atoms with Crippen LogP contribution in [0.4, 0.5) is 11.6 Å². The van der Waals surface area contributed by atoms with Crippen LogP contribution in [-0.4, -0.2) is 57.3 Å². The summed E-state index contributed by atoms with van der Waals surface area (Å²) in [6.45, 7) is 10.0. The minimum Gasteiger partial charge on any atom is -0.479 e. The highest BCUT2D eigenvalue weighted by atomic mass is 28.3. The first-order valence-corrected chi connectivity index (χ1v) is 14.8. The summed E-state index contributed by atoms with van der Waals surface area (Å²) in [6.07, 6.45) is 0. The number of nitrogens with one attached hydrogen (secondary N) is 1.